The standard InChI is InChI=1S/C21H17N3O6S2/c1-24-17(20(25)23-16-5-3-4-11-22-16)18(19-15(10-12-31-19)32(24,27)28)30-21(26)13-6-8-14(29-2)9-7-13/h3-12H,1-2H3,(H,22,23,25). The average molecular weight is 472 g/mol. The maximum Gasteiger partial charge on any atom is 0.343 e. The number of nitrogens with zero attached hydrogens (tertiary/aromatic N) is 2. The minimum Gasteiger partial charge on any atom is -0.497 e. The van der Waals surface area contributed by atoms with E-state index in [2.05, 4.69) is 10.3 Å². The normalized spacial score (nSPS) is 14.5. The first-order chi connectivity index (χ1) is 15.3. The van der Waals surface area contributed by atoms with Crippen LogP contribution in [0.15, 0.2) is 70.7 Å². The highest BCUT2D eigenvalue weighted by molar-refractivity contribution is 7.89. The molecule has 1 aliphatic rings. The van der Waals surface area contributed by atoms with Crippen molar-refractivity contribution in [3.63, 3.8) is 0 Å². The van der Waals surface area contributed by atoms with Crippen molar-refractivity contribution in [2.75, 3.05) is 19.5 Å². The highest BCUT2D eigenvalue weighted by Crippen LogP contribution is 2.40. The molecule has 0 atom stereocenters. The molecule has 32 heavy (non-hydrogen) atoms. The Kier molecular flexibility index (Phi) is 5.68. The van der Waals surface area contributed by atoms with Gasteiger partial charge in [-0.3, -0.25) is 9.10 Å². The third kappa shape index (κ3) is 3.83. The zero-order valence-electron chi connectivity index (χ0n) is 16.9. The second-order valence-electron chi connectivity index (χ2n) is 6.55. The predicted octanol–water partition coefficient (Wildman–Crippen LogP) is 2.95. The average Bonchev–Trinajstić information content (AvgIpc) is 3.29. The van der Waals surface area contributed by atoms with Crippen LogP contribution in [-0.4, -0.2) is 43.7 Å². The van der Waals surface area contributed by atoms with Crippen LogP contribution in [0.5, 0.6) is 5.75 Å². The summed E-state index contributed by atoms with van der Waals surface area (Å²) < 4.78 is 37.4. The van der Waals surface area contributed by atoms with Gasteiger partial charge in [0.1, 0.15) is 16.5 Å². The van der Waals surface area contributed by atoms with E-state index in [1.54, 1.807) is 35.7 Å². The molecule has 1 aliphatic heterocycles. The molecule has 0 spiro atoms. The molecule has 4 rings (SSSR count). The van der Waals surface area contributed by atoms with Crippen molar-refractivity contribution >= 4 is 44.8 Å². The molecule has 1 amide bonds. The molecule has 0 saturated heterocycles. The van der Waals surface area contributed by atoms with Gasteiger partial charge in [0, 0.05) is 13.2 Å². The zero-order chi connectivity index (χ0) is 22.9. The van der Waals surface area contributed by atoms with Gasteiger partial charge in [-0.25, -0.2) is 18.2 Å². The van der Waals surface area contributed by atoms with Crippen LogP contribution in [0.1, 0.15) is 15.2 Å². The van der Waals surface area contributed by atoms with E-state index in [-0.39, 0.29) is 32.6 Å². The number of methoxy groups -OCH3 is 1. The number of pyridine rings is 1. The van der Waals surface area contributed by atoms with Gasteiger partial charge < -0.3 is 14.8 Å². The summed E-state index contributed by atoms with van der Waals surface area (Å²) in [6, 6.07) is 12.5. The van der Waals surface area contributed by atoms with Crippen molar-refractivity contribution in [1.29, 1.82) is 0 Å². The van der Waals surface area contributed by atoms with Gasteiger partial charge in [0.2, 0.25) is 0 Å². The van der Waals surface area contributed by atoms with Gasteiger partial charge in [-0.15, -0.1) is 11.3 Å². The minimum absolute atomic E-state index is 0.0445. The Labute approximate surface area is 188 Å². The number of likely N-dealkylation sites (N-methyl/N-ethyl adjacent to an activating group) is 1. The third-order valence-corrected chi connectivity index (χ3v) is 7.49. The summed E-state index contributed by atoms with van der Waals surface area (Å²) in [5.41, 5.74) is -0.121. The largest absolute Gasteiger partial charge is 0.497 e. The number of sulfonamides is 1. The van der Waals surface area contributed by atoms with E-state index in [0.717, 1.165) is 15.6 Å². The highest BCUT2D eigenvalue weighted by Gasteiger charge is 2.40. The number of carbonyl (C=O) groups excluding carboxylic acids is 2. The molecule has 3 aromatic rings. The van der Waals surface area contributed by atoms with Crippen LogP contribution in [0.25, 0.3) is 5.76 Å². The van der Waals surface area contributed by atoms with Crippen LogP contribution in [0.4, 0.5) is 5.82 Å². The van der Waals surface area contributed by atoms with Gasteiger partial charge in [-0.2, -0.15) is 0 Å². The number of hydrogen-bond acceptors (Lipinski definition) is 8. The molecule has 0 radical (unpaired) electrons. The van der Waals surface area contributed by atoms with Crippen LogP contribution in [0.2, 0.25) is 0 Å². The maximum absolute atomic E-state index is 13.1. The van der Waals surface area contributed by atoms with E-state index in [1.165, 1.54) is 38.6 Å². The van der Waals surface area contributed by atoms with Gasteiger partial charge in [-0.05, 0) is 47.8 Å². The number of ether oxygens (including phenoxy) is 2. The molecule has 1 N–H and O–H groups in total. The number of nitrogens with one attached hydrogen (secondary N) is 1. The van der Waals surface area contributed by atoms with Gasteiger partial charge in [0.15, 0.2) is 11.5 Å². The molecule has 164 valence electrons. The summed E-state index contributed by atoms with van der Waals surface area (Å²) in [6.45, 7) is 0. The van der Waals surface area contributed by atoms with Gasteiger partial charge in [0.05, 0.1) is 17.6 Å². The maximum atomic E-state index is 13.1. The van der Waals surface area contributed by atoms with Crippen molar-refractivity contribution in [2.45, 2.75) is 4.90 Å². The van der Waals surface area contributed by atoms with Gasteiger partial charge >= 0.3 is 5.97 Å². The summed E-state index contributed by atoms with van der Waals surface area (Å²) in [5.74, 6) is -0.917. The Bertz CT molecular complexity index is 1320. The first kappa shape index (κ1) is 21.5. The van der Waals surface area contributed by atoms with E-state index in [4.69, 9.17) is 9.47 Å². The lowest BCUT2D eigenvalue weighted by atomic mass is 10.2. The number of anilines is 1. The number of thiophene rings is 1. The molecule has 0 aliphatic carbocycles. The SMILES string of the molecule is COc1ccc(C(=O)OC2=C(C(=O)Nc3ccccn3)N(C)S(=O)(=O)c3ccsc32)cc1. The third-order valence-electron chi connectivity index (χ3n) is 4.65. The number of rotatable bonds is 5. The van der Waals surface area contributed by atoms with E-state index in [9.17, 15) is 18.0 Å². The first-order valence-electron chi connectivity index (χ1n) is 9.22. The number of aromatic nitrogens is 1. The van der Waals surface area contributed by atoms with E-state index in [1.807, 2.05) is 0 Å². The molecule has 1 aromatic carbocycles. The minimum atomic E-state index is -4.01. The Morgan fingerprint density at radius 3 is 2.50 bits per heavy atom. The van der Waals surface area contributed by atoms with Gasteiger partial charge in [0.25, 0.3) is 15.9 Å². The Hall–Kier alpha value is -3.70. The second kappa shape index (κ2) is 8.44. The topological polar surface area (TPSA) is 115 Å². The summed E-state index contributed by atoms with van der Waals surface area (Å²) >= 11 is 1.05. The summed E-state index contributed by atoms with van der Waals surface area (Å²) in [6.07, 6.45) is 1.48. The fourth-order valence-electron chi connectivity index (χ4n) is 3.02. The molecule has 11 heteroatoms. The Morgan fingerprint density at radius 1 is 1.09 bits per heavy atom. The summed E-state index contributed by atoms with van der Waals surface area (Å²) in [5, 5.41) is 4.10. The molecule has 0 saturated carbocycles. The van der Waals surface area contributed by atoms with Crippen molar-refractivity contribution in [2.24, 2.45) is 0 Å². The Balaban J connectivity index is 1.78. The molecular formula is C21H17N3O6S2. The molecule has 0 unspecified atom stereocenters. The lowest BCUT2D eigenvalue weighted by Crippen LogP contribution is -2.37. The monoisotopic (exact) mass is 471 g/mol. The number of fused-ring (bicyclic) bond motifs is 1. The molecule has 0 bridgehead atoms. The second-order valence-corrected chi connectivity index (χ2v) is 9.41. The molecule has 2 aromatic heterocycles. The molecule has 0 fully saturated rings. The fourth-order valence-corrected chi connectivity index (χ4v) is 5.60. The van der Waals surface area contributed by atoms with Crippen LogP contribution in [-0.2, 0) is 19.6 Å². The van der Waals surface area contributed by atoms with Crippen LogP contribution >= 0.6 is 11.3 Å². The molecular weight excluding hydrogens is 454 g/mol. The number of benzene rings is 1. The van der Waals surface area contributed by atoms with E-state index >= 15 is 0 Å². The van der Waals surface area contributed by atoms with Crippen molar-refractivity contribution in [3.8, 4) is 5.75 Å². The highest BCUT2D eigenvalue weighted by atomic mass is 32.2. The Morgan fingerprint density at radius 2 is 1.84 bits per heavy atom. The molecule has 9 nitrogen and oxygen atoms in total. The zero-order valence-corrected chi connectivity index (χ0v) is 18.6. The predicted molar refractivity (Wildman–Crippen MR) is 117 cm³/mol. The number of carbonyl (C=O) groups is 2. The van der Waals surface area contributed by atoms with E-state index in [0.29, 0.717) is 5.75 Å². The number of hydrogen-bond donors (Lipinski definition) is 1. The van der Waals surface area contributed by atoms with Crippen LogP contribution in [0.3, 0.4) is 0 Å². The molecule has 3 heterocycles. The fraction of sp³-hybridized carbons (Fsp3) is 0.0952. The lowest BCUT2D eigenvalue weighted by molar-refractivity contribution is -0.113. The lowest BCUT2D eigenvalue weighted by Gasteiger charge is -2.28. The smallest absolute Gasteiger partial charge is 0.343 e. The first-order valence-corrected chi connectivity index (χ1v) is 11.5. The van der Waals surface area contributed by atoms with Crippen LogP contribution < -0.4 is 10.1 Å². The quantitative estimate of drug-likeness (QED) is 0.569. The van der Waals surface area contributed by atoms with Gasteiger partial charge in [-0.1, -0.05) is 6.07 Å². The van der Waals surface area contributed by atoms with Crippen molar-refractivity contribution < 1.29 is 27.5 Å². The summed E-state index contributed by atoms with van der Waals surface area (Å²) in [4.78, 5) is 30.1. The van der Waals surface area contributed by atoms with Crippen LogP contribution in [0, 0.1) is 0 Å². The van der Waals surface area contributed by atoms with E-state index < -0.39 is 21.9 Å². The summed E-state index contributed by atoms with van der Waals surface area (Å²) in [7, 11) is -1.28. The van der Waals surface area contributed by atoms with Crippen molar-refractivity contribution in [1.82, 2.24) is 9.29 Å². The number of amides is 1. The van der Waals surface area contributed by atoms with Crippen molar-refractivity contribution in [3.05, 3.63) is 76.2 Å². The number of esters is 1.